The van der Waals surface area contributed by atoms with E-state index in [1.54, 1.807) is 17.4 Å². The Balaban J connectivity index is 0.851. The van der Waals surface area contributed by atoms with Crippen LogP contribution in [0.2, 0.25) is 5.02 Å². The first-order chi connectivity index (χ1) is 35.6. The number of benzene rings is 3. The van der Waals surface area contributed by atoms with Crippen LogP contribution in [0.5, 0.6) is 11.5 Å². The fraction of sp³-hybridized carbons (Fsp3) is 0.463. The molecule has 0 radical (unpaired) electrons. The Hall–Kier alpha value is -6.21. The maximum Gasteiger partial charge on any atom is 0.246 e. The summed E-state index contributed by atoms with van der Waals surface area (Å²) < 4.78 is 48.3. The van der Waals surface area contributed by atoms with Crippen LogP contribution in [-0.4, -0.2) is 115 Å². The maximum absolute atomic E-state index is 14.0. The first-order valence-corrected chi connectivity index (χ1v) is 27.9. The van der Waals surface area contributed by atoms with Crippen molar-refractivity contribution in [3.05, 3.63) is 117 Å². The van der Waals surface area contributed by atoms with Crippen LogP contribution in [0, 0.1) is 23.7 Å². The molecule has 1 aliphatic rings. The van der Waals surface area contributed by atoms with Gasteiger partial charge in [-0.05, 0) is 84.5 Å². The Labute approximate surface area is 448 Å². The number of ether oxygens (including phenoxy) is 4. The first kappa shape index (κ1) is 58.1. The van der Waals surface area contributed by atoms with Gasteiger partial charge in [-0.3, -0.25) is 19.1 Å². The number of rotatable bonds is 26. The van der Waals surface area contributed by atoms with Gasteiger partial charge >= 0.3 is 0 Å². The Morgan fingerprint density at radius 1 is 0.893 bits per heavy atom. The van der Waals surface area contributed by atoms with Gasteiger partial charge in [0.25, 0.3) is 0 Å². The number of halogens is 1. The monoisotopic (exact) mass is 1090 g/mol. The molecule has 0 bridgehead atoms. The van der Waals surface area contributed by atoms with E-state index in [1.165, 1.54) is 17.3 Å². The third-order valence-corrected chi connectivity index (χ3v) is 14.4. The zero-order valence-corrected chi connectivity index (χ0v) is 45.9. The molecule has 0 saturated carbocycles. The number of nitrogens with one attached hydrogen (secondary N) is 3. The summed E-state index contributed by atoms with van der Waals surface area (Å²) in [4.78, 5) is 55.3. The smallest absolute Gasteiger partial charge is 0.246 e. The largest absolute Gasteiger partial charge is 0.491 e. The summed E-state index contributed by atoms with van der Waals surface area (Å²) >= 11 is 8.30. The van der Waals surface area contributed by atoms with Crippen molar-refractivity contribution in [2.75, 3.05) is 50.6 Å². The number of likely N-dealkylation sites (tertiary alicyclic amines) is 1. The van der Waals surface area contributed by atoms with Crippen LogP contribution in [-0.2, 0) is 52.4 Å². The Kier molecular flexibility index (Phi) is 20.5. The lowest BCUT2D eigenvalue weighted by Gasteiger charge is -2.35. The summed E-state index contributed by atoms with van der Waals surface area (Å²) in [6.07, 6.45) is 6.10. The fourth-order valence-corrected chi connectivity index (χ4v) is 9.83. The van der Waals surface area contributed by atoms with Crippen LogP contribution in [0.4, 0.5) is 5.95 Å². The molecule has 3 aromatic carbocycles. The molecule has 5 aromatic rings. The number of aryl methyl sites for hydroxylation is 1. The summed E-state index contributed by atoms with van der Waals surface area (Å²) in [5.41, 5.74) is 6.28. The van der Waals surface area contributed by atoms with Gasteiger partial charge in [-0.1, -0.05) is 82.6 Å². The predicted octanol–water partition coefficient (Wildman–Crippen LogP) is 7.49. The van der Waals surface area contributed by atoms with Gasteiger partial charge in [-0.2, -0.15) is 5.26 Å². The SMILES string of the molecule is Cc1ncsc1-c1ccc(CNC(=O)C2CC(O)CN2C(=O)[C@@H](NC(=O)COCCCOCCCCCOc2c(Cl)cc(C(C)(C)c3ccc(OCc4cnc(NS(C)(=O)=O)nc4)cc3)cc2C#N)C(C)(C)C)cc1. The number of aromatic nitrogens is 3. The van der Waals surface area contributed by atoms with Crippen molar-refractivity contribution in [2.45, 2.75) is 110 Å². The molecule has 0 aliphatic carbocycles. The van der Waals surface area contributed by atoms with Crippen molar-refractivity contribution in [1.82, 2.24) is 30.5 Å². The highest BCUT2D eigenvalue weighted by molar-refractivity contribution is 7.92. The molecule has 1 saturated heterocycles. The zero-order chi connectivity index (χ0) is 54.3. The minimum Gasteiger partial charge on any atom is -0.491 e. The highest BCUT2D eigenvalue weighted by Gasteiger charge is 2.44. The van der Waals surface area contributed by atoms with Gasteiger partial charge in [0.2, 0.25) is 33.7 Å². The normalized spacial score (nSPS) is 15.2. The summed E-state index contributed by atoms with van der Waals surface area (Å²) in [7, 11) is -3.48. The van der Waals surface area contributed by atoms with Crippen molar-refractivity contribution >= 4 is 56.6 Å². The third-order valence-electron chi connectivity index (χ3n) is 12.6. The van der Waals surface area contributed by atoms with Crippen molar-refractivity contribution < 1.29 is 46.9 Å². The molecule has 2 aromatic heterocycles. The van der Waals surface area contributed by atoms with Crippen LogP contribution < -0.4 is 24.8 Å². The number of carbonyl (C=O) groups is 3. The van der Waals surface area contributed by atoms with Crippen molar-refractivity contribution in [2.24, 2.45) is 5.41 Å². The minimum absolute atomic E-state index is 0.0190. The molecular formula is C54H67ClN8O10S2. The zero-order valence-electron chi connectivity index (χ0n) is 43.5. The van der Waals surface area contributed by atoms with Crippen molar-refractivity contribution in [3.63, 3.8) is 0 Å². The maximum atomic E-state index is 14.0. The van der Waals surface area contributed by atoms with Gasteiger partial charge in [0, 0.05) is 62.7 Å². The van der Waals surface area contributed by atoms with Gasteiger partial charge in [-0.15, -0.1) is 11.3 Å². The molecule has 4 N–H and O–H groups in total. The molecule has 402 valence electrons. The molecule has 21 heteroatoms. The number of aliphatic hydroxyl groups is 1. The number of hydrogen-bond acceptors (Lipinski definition) is 15. The van der Waals surface area contributed by atoms with E-state index in [2.05, 4.69) is 36.4 Å². The van der Waals surface area contributed by atoms with E-state index in [1.807, 2.05) is 102 Å². The Morgan fingerprint density at radius 3 is 2.23 bits per heavy atom. The summed E-state index contributed by atoms with van der Waals surface area (Å²) in [5.74, 6) is -0.353. The highest BCUT2D eigenvalue weighted by Crippen LogP contribution is 2.39. The number of nitriles is 1. The second-order valence-corrected chi connectivity index (χ2v) is 23.1. The number of β-amino-alcohol motifs (C(OH)–C–C–N with tert-alkyl or cyclic N) is 1. The van der Waals surface area contributed by atoms with Gasteiger partial charge in [0.05, 0.1) is 45.6 Å². The van der Waals surface area contributed by atoms with E-state index >= 15 is 0 Å². The number of aliphatic hydroxyl groups excluding tert-OH is 1. The molecule has 1 aliphatic heterocycles. The fourth-order valence-electron chi connectivity index (χ4n) is 8.30. The lowest BCUT2D eigenvalue weighted by molar-refractivity contribution is -0.144. The minimum atomic E-state index is -3.48. The van der Waals surface area contributed by atoms with Crippen molar-refractivity contribution in [1.29, 1.82) is 5.26 Å². The van der Waals surface area contributed by atoms with Crippen LogP contribution in [0.1, 0.15) is 100 Å². The van der Waals surface area contributed by atoms with E-state index in [9.17, 15) is 33.2 Å². The molecule has 3 atom stereocenters. The summed E-state index contributed by atoms with van der Waals surface area (Å²) in [6.45, 7) is 13.3. The first-order valence-electron chi connectivity index (χ1n) is 24.7. The number of anilines is 1. The van der Waals surface area contributed by atoms with Gasteiger partial charge in [0.1, 0.15) is 37.1 Å². The number of amides is 3. The topological polar surface area (TPSA) is 244 Å². The number of carbonyl (C=O) groups excluding carboxylic acids is 3. The molecule has 18 nitrogen and oxygen atoms in total. The average Bonchev–Trinajstić information content (AvgIpc) is 3.99. The number of hydrogen-bond donors (Lipinski definition) is 4. The second-order valence-electron chi connectivity index (χ2n) is 20.0. The average molecular weight is 1090 g/mol. The number of thiazole rings is 1. The highest BCUT2D eigenvalue weighted by atomic mass is 35.5. The van der Waals surface area contributed by atoms with E-state index in [0.717, 1.165) is 58.3 Å². The lowest BCUT2D eigenvalue weighted by atomic mass is 9.77. The van der Waals surface area contributed by atoms with E-state index in [-0.39, 0.29) is 51.2 Å². The van der Waals surface area contributed by atoms with E-state index in [0.29, 0.717) is 53.9 Å². The molecule has 75 heavy (non-hydrogen) atoms. The molecule has 6 rings (SSSR count). The quantitative estimate of drug-likeness (QED) is 0.0392. The Morgan fingerprint density at radius 2 is 1.57 bits per heavy atom. The van der Waals surface area contributed by atoms with Crippen molar-refractivity contribution in [3.8, 4) is 28.0 Å². The molecule has 1 fully saturated rings. The van der Waals surface area contributed by atoms with Gasteiger partial charge in [0.15, 0.2) is 5.75 Å². The summed E-state index contributed by atoms with van der Waals surface area (Å²) in [6, 6.07) is 19.4. The molecular weight excluding hydrogens is 1020 g/mol. The second kappa shape index (κ2) is 26.5. The van der Waals surface area contributed by atoms with E-state index in [4.69, 9.17) is 30.5 Å². The molecule has 0 spiro atoms. The molecule has 3 amide bonds. The predicted molar refractivity (Wildman–Crippen MR) is 287 cm³/mol. The third kappa shape index (κ3) is 16.9. The van der Waals surface area contributed by atoms with Gasteiger partial charge in [-0.25, -0.2) is 23.4 Å². The molecule has 2 unspecified atom stereocenters. The van der Waals surface area contributed by atoms with Crippen LogP contribution in [0.3, 0.4) is 0 Å². The van der Waals surface area contributed by atoms with Gasteiger partial charge < -0.3 is 39.6 Å². The number of unbranched alkanes of at least 4 members (excludes halogenated alkanes) is 2. The van der Waals surface area contributed by atoms with E-state index < -0.39 is 50.9 Å². The Bertz CT molecular complexity index is 2870. The van der Waals surface area contributed by atoms with Crippen LogP contribution >= 0.6 is 22.9 Å². The number of sulfonamides is 1. The molecule has 3 heterocycles. The lowest BCUT2D eigenvalue weighted by Crippen LogP contribution is -2.58. The van der Waals surface area contributed by atoms with Crippen LogP contribution in [0.25, 0.3) is 10.4 Å². The van der Waals surface area contributed by atoms with Crippen LogP contribution in [0.15, 0.2) is 78.6 Å². The summed E-state index contributed by atoms with van der Waals surface area (Å²) in [5, 5.41) is 26.7. The standard InChI is InChI=1S/C54H67ClN8O10S2/c1-35-48(74-34-60-35)38-14-12-36(13-15-38)28-57-50(66)45-26-42(64)31-63(45)51(67)49(53(2,3)4)61-46(65)33-71-22-11-21-70-20-9-8-10-23-72-47-39(27-56)24-41(25-44(47)55)54(5,6)40-16-18-43(19-17-40)73-32-37-29-58-52(59-30-37)62-75(7,68)69/h12-19,24-25,29-30,34,42,45,49,64H,8-11,20-23,26,28,31-33H2,1-7H3,(H,57,66)(H,61,65)(H,58,59,62)/t42?,45?,49-/m1/s1. The number of nitrogens with zero attached hydrogens (tertiary/aromatic N) is 5.